The maximum Gasteiger partial charge on any atom is 0.160 e. The molecule has 0 atom stereocenters. The van der Waals surface area contributed by atoms with Crippen LogP contribution in [0.3, 0.4) is 0 Å². The summed E-state index contributed by atoms with van der Waals surface area (Å²) in [6.07, 6.45) is 6.17. The van der Waals surface area contributed by atoms with Crippen molar-refractivity contribution in [2.24, 2.45) is 0 Å². The van der Waals surface area contributed by atoms with Gasteiger partial charge in [-0.2, -0.15) is 0 Å². The van der Waals surface area contributed by atoms with E-state index < -0.39 is 0 Å². The highest BCUT2D eigenvalue weighted by Gasteiger charge is 2.22. The zero-order valence-corrected chi connectivity index (χ0v) is 12.8. The number of allylic oxidation sites excluding steroid dienone is 4. The molecule has 1 aliphatic rings. The lowest BCUT2D eigenvalue weighted by molar-refractivity contribution is -0.113. The highest BCUT2D eigenvalue weighted by Crippen LogP contribution is 2.40. The highest BCUT2D eigenvalue weighted by molar-refractivity contribution is 6.13. The fourth-order valence-corrected chi connectivity index (χ4v) is 2.89. The van der Waals surface area contributed by atoms with Gasteiger partial charge in [0.15, 0.2) is 5.78 Å². The van der Waals surface area contributed by atoms with Crippen LogP contribution in [0.25, 0.3) is 17.7 Å². The maximum absolute atomic E-state index is 12.0. The van der Waals surface area contributed by atoms with Crippen molar-refractivity contribution in [2.45, 2.75) is 13.8 Å². The number of Topliss-reactive ketones (excluding diaryl/α,β-unsaturated/α-hetero) is 1. The van der Waals surface area contributed by atoms with Crippen molar-refractivity contribution in [3.63, 3.8) is 0 Å². The molecule has 0 bridgehead atoms. The van der Waals surface area contributed by atoms with Crippen molar-refractivity contribution in [3.05, 3.63) is 88.5 Å². The Morgan fingerprint density at radius 2 is 1.64 bits per heavy atom. The molecule has 0 saturated heterocycles. The number of hydrogen-bond acceptors (Lipinski definition) is 1. The van der Waals surface area contributed by atoms with Gasteiger partial charge in [-0.3, -0.25) is 4.79 Å². The molecule has 0 unspecified atom stereocenters. The third-order valence-corrected chi connectivity index (χ3v) is 3.91. The van der Waals surface area contributed by atoms with E-state index in [1.54, 1.807) is 6.92 Å². The molecule has 0 saturated carbocycles. The number of rotatable bonds is 3. The second-order valence-corrected chi connectivity index (χ2v) is 5.37. The smallest absolute Gasteiger partial charge is 0.160 e. The van der Waals surface area contributed by atoms with Gasteiger partial charge in [0.05, 0.1) is 0 Å². The third-order valence-electron chi connectivity index (χ3n) is 3.91. The van der Waals surface area contributed by atoms with Crippen LogP contribution < -0.4 is 0 Å². The first-order valence-corrected chi connectivity index (χ1v) is 7.46. The summed E-state index contributed by atoms with van der Waals surface area (Å²) < 4.78 is 0. The van der Waals surface area contributed by atoms with E-state index in [9.17, 15) is 4.79 Å². The van der Waals surface area contributed by atoms with Gasteiger partial charge in [-0.25, -0.2) is 0 Å². The zero-order valence-electron chi connectivity index (χ0n) is 12.8. The molecule has 0 amide bonds. The normalized spacial score (nSPS) is 15.6. The van der Waals surface area contributed by atoms with Crippen molar-refractivity contribution in [1.82, 2.24) is 0 Å². The summed E-state index contributed by atoms with van der Waals surface area (Å²) in [5.41, 5.74) is 6.39. The Labute approximate surface area is 131 Å². The molecule has 0 spiro atoms. The average Bonchev–Trinajstić information content (AvgIpc) is 2.87. The van der Waals surface area contributed by atoms with Gasteiger partial charge in [0.25, 0.3) is 0 Å². The van der Waals surface area contributed by atoms with E-state index in [1.165, 1.54) is 11.1 Å². The van der Waals surface area contributed by atoms with Gasteiger partial charge in [-0.1, -0.05) is 60.7 Å². The molecule has 1 nitrogen and oxygen atoms in total. The molecule has 108 valence electrons. The van der Waals surface area contributed by atoms with E-state index in [0.717, 1.165) is 22.3 Å². The van der Waals surface area contributed by atoms with Crippen molar-refractivity contribution in [2.75, 3.05) is 0 Å². The maximum atomic E-state index is 12.0. The molecule has 2 aromatic carbocycles. The van der Waals surface area contributed by atoms with Crippen LogP contribution in [-0.2, 0) is 4.79 Å². The minimum atomic E-state index is 0.0977. The minimum Gasteiger partial charge on any atom is -0.295 e. The van der Waals surface area contributed by atoms with Crippen LogP contribution in [0.1, 0.15) is 30.5 Å². The second kappa shape index (κ2) is 5.98. The molecule has 1 heteroatoms. The summed E-state index contributed by atoms with van der Waals surface area (Å²) in [5.74, 6) is 0.0977. The van der Waals surface area contributed by atoms with Crippen molar-refractivity contribution < 1.29 is 4.79 Å². The Balaban J connectivity index is 2.18. The molecule has 0 aliphatic heterocycles. The van der Waals surface area contributed by atoms with Crippen LogP contribution in [0.2, 0.25) is 0 Å². The summed E-state index contributed by atoms with van der Waals surface area (Å²) in [7, 11) is 0. The molecule has 22 heavy (non-hydrogen) atoms. The van der Waals surface area contributed by atoms with E-state index in [0.29, 0.717) is 0 Å². The predicted molar refractivity (Wildman–Crippen MR) is 93.2 cm³/mol. The van der Waals surface area contributed by atoms with Gasteiger partial charge >= 0.3 is 0 Å². The lowest BCUT2D eigenvalue weighted by Gasteiger charge is -2.09. The number of ketones is 1. The summed E-state index contributed by atoms with van der Waals surface area (Å²) in [6.45, 7) is 3.54. The Bertz CT molecular complexity index is 805. The van der Waals surface area contributed by atoms with Gasteiger partial charge in [-0.15, -0.1) is 0 Å². The molecule has 2 aromatic rings. The molecule has 0 N–H and O–H groups in total. The summed E-state index contributed by atoms with van der Waals surface area (Å²) >= 11 is 0. The summed E-state index contributed by atoms with van der Waals surface area (Å²) in [5, 5.41) is 0. The molecular formula is C21H18O. The largest absolute Gasteiger partial charge is 0.295 e. The zero-order chi connectivity index (χ0) is 15.5. The van der Waals surface area contributed by atoms with Gasteiger partial charge in [0.2, 0.25) is 0 Å². The number of carbonyl (C=O) groups excluding carboxylic acids is 1. The van der Waals surface area contributed by atoms with E-state index in [1.807, 2.05) is 43.3 Å². The van der Waals surface area contributed by atoms with Crippen LogP contribution in [0.5, 0.6) is 0 Å². The topological polar surface area (TPSA) is 17.1 Å². The van der Waals surface area contributed by atoms with Gasteiger partial charge in [0, 0.05) is 5.57 Å². The van der Waals surface area contributed by atoms with Gasteiger partial charge in [0.1, 0.15) is 0 Å². The SMILES string of the molecule is C/C=C(\C(C)=O)C1=Cc2ccccc2/C1=C\c1ccccc1. The van der Waals surface area contributed by atoms with Crippen LogP contribution in [0.15, 0.2) is 71.8 Å². The fraction of sp³-hybridized carbons (Fsp3) is 0.0952. The second-order valence-electron chi connectivity index (χ2n) is 5.37. The highest BCUT2D eigenvalue weighted by atomic mass is 16.1. The number of benzene rings is 2. The average molecular weight is 286 g/mol. The molecule has 0 heterocycles. The number of carbonyl (C=O) groups is 1. The molecule has 3 rings (SSSR count). The lowest BCUT2D eigenvalue weighted by Crippen LogP contribution is -2.00. The first kappa shape index (κ1) is 14.3. The molecule has 1 aliphatic carbocycles. The Hall–Kier alpha value is -2.67. The van der Waals surface area contributed by atoms with E-state index in [-0.39, 0.29) is 5.78 Å². The standard InChI is InChI=1S/C21H18O/c1-3-18(15(2)22)21-14-17-11-7-8-12-19(17)20(21)13-16-9-5-4-6-10-16/h3-14H,1-2H3/b18-3+,20-13+. The van der Waals surface area contributed by atoms with Crippen molar-refractivity contribution >= 4 is 23.5 Å². The quantitative estimate of drug-likeness (QED) is 0.712. The van der Waals surface area contributed by atoms with E-state index in [2.05, 4.69) is 36.4 Å². The molecular weight excluding hydrogens is 268 g/mol. The molecule has 0 radical (unpaired) electrons. The Morgan fingerprint density at radius 3 is 2.32 bits per heavy atom. The third kappa shape index (κ3) is 2.58. The monoisotopic (exact) mass is 286 g/mol. The van der Waals surface area contributed by atoms with Crippen molar-refractivity contribution in [3.8, 4) is 0 Å². The van der Waals surface area contributed by atoms with Crippen LogP contribution >= 0.6 is 0 Å². The minimum absolute atomic E-state index is 0.0977. The first-order valence-electron chi connectivity index (χ1n) is 7.46. The van der Waals surface area contributed by atoms with Crippen molar-refractivity contribution in [1.29, 1.82) is 0 Å². The van der Waals surface area contributed by atoms with Gasteiger partial charge < -0.3 is 0 Å². The summed E-state index contributed by atoms with van der Waals surface area (Å²) in [4.78, 5) is 12.0. The number of hydrogen-bond donors (Lipinski definition) is 0. The Morgan fingerprint density at radius 1 is 0.955 bits per heavy atom. The molecule has 0 fully saturated rings. The molecule has 0 aromatic heterocycles. The van der Waals surface area contributed by atoms with Gasteiger partial charge in [-0.05, 0) is 53.8 Å². The fourth-order valence-electron chi connectivity index (χ4n) is 2.89. The first-order chi connectivity index (χ1) is 10.7. The van der Waals surface area contributed by atoms with Crippen LogP contribution in [-0.4, -0.2) is 5.78 Å². The summed E-state index contributed by atoms with van der Waals surface area (Å²) in [6, 6.07) is 18.5. The van der Waals surface area contributed by atoms with Crippen LogP contribution in [0.4, 0.5) is 0 Å². The van der Waals surface area contributed by atoms with Crippen LogP contribution in [0, 0.1) is 0 Å². The Kier molecular flexibility index (Phi) is 3.88. The lowest BCUT2D eigenvalue weighted by atomic mass is 9.93. The number of fused-ring (bicyclic) bond motifs is 1. The van der Waals surface area contributed by atoms with E-state index in [4.69, 9.17) is 0 Å². The predicted octanol–water partition coefficient (Wildman–Crippen LogP) is 5.16. The van der Waals surface area contributed by atoms with E-state index >= 15 is 0 Å².